The summed E-state index contributed by atoms with van der Waals surface area (Å²) in [5, 5.41) is 23.4. The Kier molecular flexibility index (Phi) is 2.52. The molecule has 0 radical (unpaired) electrons. The summed E-state index contributed by atoms with van der Waals surface area (Å²) in [6.45, 7) is 0. The number of nitro groups is 1. The largest absolute Gasteiger partial charge is 0.478 e. The molecule has 3 saturated carbocycles. The van der Waals surface area contributed by atoms with Crippen molar-refractivity contribution < 1.29 is 14.8 Å². The molecule has 0 aromatic heterocycles. The van der Waals surface area contributed by atoms with Crippen molar-refractivity contribution in [3.05, 3.63) is 33.9 Å². The van der Waals surface area contributed by atoms with Gasteiger partial charge in [0, 0.05) is 12.1 Å². The number of nitro benzene ring substituents is 1. The summed E-state index contributed by atoms with van der Waals surface area (Å²) >= 11 is 0. The van der Waals surface area contributed by atoms with Crippen LogP contribution in [0.25, 0.3) is 0 Å². The van der Waals surface area contributed by atoms with Gasteiger partial charge in [-0.1, -0.05) is 0 Å². The van der Waals surface area contributed by atoms with Crippen molar-refractivity contribution in [1.29, 1.82) is 0 Å². The average molecular weight is 288 g/mol. The van der Waals surface area contributed by atoms with E-state index in [0.29, 0.717) is 23.6 Å². The zero-order valence-corrected chi connectivity index (χ0v) is 11.4. The highest BCUT2D eigenvalue weighted by molar-refractivity contribution is 5.90. The number of benzene rings is 1. The van der Waals surface area contributed by atoms with Crippen molar-refractivity contribution in [3.63, 3.8) is 0 Å². The van der Waals surface area contributed by atoms with E-state index in [-0.39, 0.29) is 11.3 Å². The van der Waals surface area contributed by atoms with E-state index in [4.69, 9.17) is 5.11 Å². The number of hydrogen-bond donors (Lipinski definition) is 2. The molecule has 4 unspecified atom stereocenters. The summed E-state index contributed by atoms with van der Waals surface area (Å²) in [7, 11) is 0. The van der Waals surface area contributed by atoms with Gasteiger partial charge in [0.1, 0.15) is 5.69 Å². The van der Waals surface area contributed by atoms with Crippen LogP contribution in [0.5, 0.6) is 0 Å². The fourth-order valence-electron chi connectivity index (χ4n) is 4.64. The molecule has 0 aliphatic heterocycles. The smallest absolute Gasteiger partial charge is 0.335 e. The summed E-state index contributed by atoms with van der Waals surface area (Å²) in [5.74, 6) is 1.73. The van der Waals surface area contributed by atoms with Crippen molar-refractivity contribution in [2.24, 2.45) is 23.7 Å². The van der Waals surface area contributed by atoms with Crippen LogP contribution in [0.1, 0.15) is 29.6 Å². The van der Waals surface area contributed by atoms with E-state index < -0.39 is 10.9 Å². The number of aromatic carboxylic acids is 1. The highest BCUT2D eigenvalue weighted by Gasteiger charge is 2.65. The van der Waals surface area contributed by atoms with Crippen molar-refractivity contribution in [1.82, 2.24) is 0 Å². The lowest BCUT2D eigenvalue weighted by atomic mass is 10.0. The van der Waals surface area contributed by atoms with E-state index in [0.717, 1.165) is 11.8 Å². The summed E-state index contributed by atoms with van der Waals surface area (Å²) in [6.07, 6.45) is 3.87. The number of nitrogens with one attached hydrogen (secondary N) is 1. The molecule has 2 bridgehead atoms. The zero-order chi connectivity index (χ0) is 14.7. The first kappa shape index (κ1) is 12.6. The van der Waals surface area contributed by atoms with Crippen LogP contribution in [0.3, 0.4) is 0 Å². The molecule has 3 fully saturated rings. The molecular formula is C15H16N2O4. The van der Waals surface area contributed by atoms with E-state index in [1.165, 1.54) is 37.5 Å². The van der Waals surface area contributed by atoms with Crippen molar-refractivity contribution >= 4 is 17.3 Å². The molecular weight excluding hydrogens is 272 g/mol. The quantitative estimate of drug-likeness (QED) is 0.656. The van der Waals surface area contributed by atoms with Crippen molar-refractivity contribution in [2.45, 2.75) is 25.3 Å². The molecule has 0 saturated heterocycles. The third-order valence-electron chi connectivity index (χ3n) is 5.50. The van der Waals surface area contributed by atoms with Gasteiger partial charge in [0.05, 0.1) is 10.5 Å². The molecule has 4 rings (SSSR count). The molecule has 6 heteroatoms. The highest BCUT2D eigenvalue weighted by atomic mass is 16.6. The Morgan fingerprint density at radius 2 is 1.95 bits per heavy atom. The van der Waals surface area contributed by atoms with E-state index in [9.17, 15) is 14.9 Å². The first-order chi connectivity index (χ1) is 10.1. The van der Waals surface area contributed by atoms with E-state index in [1.807, 2.05) is 0 Å². The maximum absolute atomic E-state index is 11.1. The lowest BCUT2D eigenvalue weighted by Gasteiger charge is -2.12. The number of anilines is 1. The standard InChI is InChI=1S/C15H16N2O4/c18-15(19)9-3-4-11(17(20)21)10(6-9)16-14-12-7-1-2-8(5-7)13(12)14/h3-4,6-8,12-14,16H,1-2,5H2,(H,18,19). The maximum atomic E-state index is 11.1. The van der Waals surface area contributed by atoms with Gasteiger partial charge >= 0.3 is 5.97 Å². The number of carboxylic acids is 1. The second-order valence-electron chi connectivity index (χ2n) is 6.45. The predicted molar refractivity (Wildman–Crippen MR) is 75.3 cm³/mol. The Morgan fingerprint density at radius 1 is 1.29 bits per heavy atom. The number of hydrogen-bond acceptors (Lipinski definition) is 4. The van der Waals surface area contributed by atoms with Crippen LogP contribution in [0.15, 0.2) is 18.2 Å². The number of fused-ring (bicyclic) bond motifs is 5. The van der Waals surface area contributed by atoms with Crippen LogP contribution in [-0.4, -0.2) is 22.0 Å². The predicted octanol–water partition coefficient (Wildman–Crippen LogP) is 2.75. The fraction of sp³-hybridized carbons (Fsp3) is 0.533. The highest BCUT2D eigenvalue weighted by Crippen LogP contribution is 2.66. The normalized spacial score (nSPS) is 35.3. The van der Waals surface area contributed by atoms with Gasteiger partial charge in [-0.05, 0) is 55.1 Å². The minimum Gasteiger partial charge on any atom is -0.478 e. The number of carbonyl (C=O) groups is 1. The van der Waals surface area contributed by atoms with Gasteiger partial charge in [-0.2, -0.15) is 0 Å². The molecule has 1 aromatic rings. The number of nitrogens with zero attached hydrogens (tertiary/aromatic N) is 1. The van der Waals surface area contributed by atoms with Crippen LogP contribution in [0.2, 0.25) is 0 Å². The minimum absolute atomic E-state index is 0.0441. The Balaban J connectivity index is 1.61. The second kappa shape index (κ2) is 4.19. The topological polar surface area (TPSA) is 92.5 Å². The van der Waals surface area contributed by atoms with Crippen LogP contribution < -0.4 is 5.32 Å². The van der Waals surface area contributed by atoms with Crippen LogP contribution in [0, 0.1) is 33.8 Å². The molecule has 6 nitrogen and oxygen atoms in total. The molecule has 2 N–H and O–H groups in total. The minimum atomic E-state index is -1.07. The maximum Gasteiger partial charge on any atom is 0.335 e. The Labute approximate surface area is 121 Å². The molecule has 0 heterocycles. The molecule has 110 valence electrons. The summed E-state index contributed by atoms with van der Waals surface area (Å²) in [4.78, 5) is 21.7. The van der Waals surface area contributed by atoms with Gasteiger partial charge in [0.25, 0.3) is 5.69 Å². The molecule has 0 amide bonds. The Morgan fingerprint density at radius 3 is 2.52 bits per heavy atom. The molecule has 4 atom stereocenters. The van der Waals surface area contributed by atoms with Gasteiger partial charge in [0.15, 0.2) is 0 Å². The second-order valence-corrected chi connectivity index (χ2v) is 6.45. The van der Waals surface area contributed by atoms with E-state index in [2.05, 4.69) is 5.32 Å². The monoisotopic (exact) mass is 288 g/mol. The van der Waals surface area contributed by atoms with Gasteiger partial charge in [-0.25, -0.2) is 4.79 Å². The summed E-state index contributed by atoms with van der Waals surface area (Å²) < 4.78 is 0. The Hall–Kier alpha value is -2.11. The molecule has 0 spiro atoms. The first-order valence-electron chi connectivity index (χ1n) is 7.34. The van der Waals surface area contributed by atoms with Crippen LogP contribution in [-0.2, 0) is 0 Å². The number of carboxylic acid groups (broad SMARTS) is 1. The lowest BCUT2D eigenvalue weighted by molar-refractivity contribution is -0.384. The van der Waals surface area contributed by atoms with E-state index in [1.54, 1.807) is 0 Å². The van der Waals surface area contributed by atoms with Gasteiger partial charge in [-0.3, -0.25) is 10.1 Å². The average Bonchev–Trinajstić information content (AvgIpc) is 2.83. The molecule has 3 aliphatic carbocycles. The lowest BCUT2D eigenvalue weighted by Crippen LogP contribution is -2.14. The van der Waals surface area contributed by atoms with Crippen LogP contribution >= 0.6 is 0 Å². The van der Waals surface area contributed by atoms with Crippen LogP contribution in [0.4, 0.5) is 11.4 Å². The van der Waals surface area contributed by atoms with E-state index >= 15 is 0 Å². The number of rotatable bonds is 4. The summed E-state index contributed by atoms with van der Waals surface area (Å²) in [5.41, 5.74) is 0.382. The van der Waals surface area contributed by atoms with Gasteiger partial charge < -0.3 is 10.4 Å². The van der Waals surface area contributed by atoms with Crippen molar-refractivity contribution in [3.8, 4) is 0 Å². The fourth-order valence-corrected chi connectivity index (χ4v) is 4.64. The molecule has 1 aromatic carbocycles. The molecule has 3 aliphatic rings. The third kappa shape index (κ3) is 1.81. The Bertz CT molecular complexity index is 629. The summed E-state index contributed by atoms with van der Waals surface area (Å²) in [6, 6.07) is 4.23. The van der Waals surface area contributed by atoms with Gasteiger partial charge in [0.2, 0.25) is 0 Å². The third-order valence-corrected chi connectivity index (χ3v) is 5.50. The first-order valence-corrected chi connectivity index (χ1v) is 7.34. The van der Waals surface area contributed by atoms with Gasteiger partial charge in [-0.15, -0.1) is 0 Å². The zero-order valence-electron chi connectivity index (χ0n) is 11.4. The van der Waals surface area contributed by atoms with Crippen molar-refractivity contribution in [2.75, 3.05) is 5.32 Å². The molecule has 21 heavy (non-hydrogen) atoms. The SMILES string of the molecule is O=C(O)c1ccc([N+](=O)[O-])c(NC2C3C4CCC(C4)C23)c1.